The SMILES string of the molecule is CCCCCCCCCCC1[CH]CCC1. The summed E-state index contributed by atoms with van der Waals surface area (Å²) in [6.45, 7) is 2.29. The van der Waals surface area contributed by atoms with Crippen molar-refractivity contribution >= 4 is 0 Å². The predicted octanol–water partition coefficient (Wildman–Crippen LogP) is 5.52. The van der Waals surface area contributed by atoms with Crippen LogP contribution in [0.1, 0.15) is 84.0 Å². The highest BCUT2D eigenvalue weighted by atomic mass is 14.2. The van der Waals surface area contributed by atoms with E-state index in [0.29, 0.717) is 0 Å². The van der Waals surface area contributed by atoms with E-state index in [4.69, 9.17) is 0 Å². The first-order chi connectivity index (χ1) is 7.43. The normalized spacial score (nSPS) is 17.4. The van der Waals surface area contributed by atoms with Gasteiger partial charge in [0.2, 0.25) is 0 Å². The van der Waals surface area contributed by atoms with E-state index in [1.165, 1.54) is 77.0 Å². The third-order valence-corrected chi connectivity index (χ3v) is 3.71. The highest BCUT2D eigenvalue weighted by Gasteiger charge is 2.13. The lowest BCUT2D eigenvalue weighted by Gasteiger charge is -2.07. The van der Waals surface area contributed by atoms with E-state index in [2.05, 4.69) is 13.3 Å². The molecule has 0 saturated heterocycles. The molecule has 1 radical (unpaired) electrons. The molecule has 0 spiro atoms. The summed E-state index contributed by atoms with van der Waals surface area (Å²) in [5.41, 5.74) is 0. The molecule has 0 aliphatic heterocycles. The molecule has 1 saturated carbocycles. The highest BCUT2D eigenvalue weighted by molar-refractivity contribution is 4.82. The minimum atomic E-state index is 0.991. The summed E-state index contributed by atoms with van der Waals surface area (Å²) in [4.78, 5) is 0. The zero-order valence-electron chi connectivity index (χ0n) is 10.6. The molecule has 1 atom stereocenters. The van der Waals surface area contributed by atoms with Gasteiger partial charge in [-0.1, -0.05) is 77.6 Å². The maximum Gasteiger partial charge on any atom is -0.0355 e. The van der Waals surface area contributed by atoms with Gasteiger partial charge in [-0.3, -0.25) is 0 Å². The molecule has 0 bridgehead atoms. The van der Waals surface area contributed by atoms with Crippen molar-refractivity contribution in [2.24, 2.45) is 5.92 Å². The molecule has 0 heterocycles. The second-order valence-corrected chi connectivity index (χ2v) is 5.19. The molecule has 1 aliphatic rings. The lowest BCUT2D eigenvalue weighted by atomic mass is 9.99. The van der Waals surface area contributed by atoms with Crippen molar-refractivity contribution in [2.75, 3.05) is 0 Å². The Bertz CT molecular complexity index is 122. The molecule has 1 unspecified atom stereocenters. The first kappa shape index (κ1) is 13.1. The fourth-order valence-electron chi connectivity index (χ4n) is 2.65. The molecule has 89 valence electrons. The van der Waals surface area contributed by atoms with Crippen LogP contribution in [0, 0.1) is 12.3 Å². The van der Waals surface area contributed by atoms with Crippen molar-refractivity contribution < 1.29 is 0 Å². The van der Waals surface area contributed by atoms with Crippen LogP contribution in [0.4, 0.5) is 0 Å². The van der Waals surface area contributed by atoms with Gasteiger partial charge in [0.05, 0.1) is 0 Å². The van der Waals surface area contributed by atoms with Crippen LogP contribution in [0.15, 0.2) is 0 Å². The van der Waals surface area contributed by atoms with Crippen LogP contribution >= 0.6 is 0 Å². The third kappa shape index (κ3) is 6.98. The van der Waals surface area contributed by atoms with E-state index in [1.807, 2.05) is 0 Å². The smallest absolute Gasteiger partial charge is 0.0355 e. The van der Waals surface area contributed by atoms with Crippen LogP contribution < -0.4 is 0 Å². The average molecular weight is 209 g/mol. The molecular weight excluding hydrogens is 180 g/mol. The van der Waals surface area contributed by atoms with Gasteiger partial charge in [0.25, 0.3) is 0 Å². The van der Waals surface area contributed by atoms with Crippen molar-refractivity contribution in [1.29, 1.82) is 0 Å². The zero-order chi connectivity index (χ0) is 10.8. The Hall–Kier alpha value is 0. The molecule has 15 heavy (non-hydrogen) atoms. The van der Waals surface area contributed by atoms with Gasteiger partial charge in [-0.05, 0) is 18.8 Å². The van der Waals surface area contributed by atoms with Crippen molar-refractivity contribution in [1.82, 2.24) is 0 Å². The average Bonchev–Trinajstić information content (AvgIpc) is 2.75. The van der Waals surface area contributed by atoms with E-state index < -0.39 is 0 Å². The van der Waals surface area contributed by atoms with Crippen LogP contribution in [0.3, 0.4) is 0 Å². The molecular formula is C15H29. The minimum Gasteiger partial charge on any atom is -0.0654 e. The van der Waals surface area contributed by atoms with Gasteiger partial charge in [-0.15, -0.1) is 0 Å². The topological polar surface area (TPSA) is 0 Å². The first-order valence-corrected chi connectivity index (χ1v) is 7.27. The van der Waals surface area contributed by atoms with E-state index in [1.54, 1.807) is 0 Å². The molecule has 0 aromatic carbocycles. The van der Waals surface area contributed by atoms with E-state index in [9.17, 15) is 0 Å². The lowest BCUT2D eigenvalue weighted by molar-refractivity contribution is 0.502. The number of hydrogen-bond acceptors (Lipinski definition) is 0. The van der Waals surface area contributed by atoms with Gasteiger partial charge in [-0.2, -0.15) is 0 Å². The summed E-state index contributed by atoms with van der Waals surface area (Å²) in [6, 6.07) is 0. The summed E-state index contributed by atoms with van der Waals surface area (Å²) < 4.78 is 0. The quantitative estimate of drug-likeness (QED) is 0.438. The molecule has 0 amide bonds. The fourth-order valence-corrected chi connectivity index (χ4v) is 2.65. The van der Waals surface area contributed by atoms with Crippen molar-refractivity contribution in [3.63, 3.8) is 0 Å². The Morgan fingerprint density at radius 3 is 2.20 bits per heavy atom. The third-order valence-electron chi connectivity index (χ3n) is 3.71. The lowest BCUT2D eigenvalue weighted by Crippen LogP contribution is -1.93. The Balaban J connectivity index is 1.73. The summed E-state index contributed by atoms with van der Waals surface area (Å²) >= 11 is 0. The van der Waals surface area contributed by atoms with Gasteiger partial charge in [0, 0.05) is 0 Å². The Labute approximate surface area is 96.8 Å². The van der Waals surface area contributed by atoms with Crippen LogP contribution in [-0.2, 0) is 0 Å². The molecule has 1 rings (SSSR count). The number of unbranched alkanes of at least 4 members (excludes halogenated alkanes) is 7. The molecule has 1 aliphatic carbocycles. The monoisotopic (exact) mass is 209 g/mol. The van der Waals surface area contributed by atoms with E-state index >= 15 is 0 Å². The van der Waals surface area contributed by atoms with Crippen LogP contribution in [0.5, 0.6) is 0 Å². The number of rotatable bonds is 9. The summed E-state index contributed by atoms with van der Waals surface area (Å²) in [5.74, 6) is 0.991. The second-order valence-electron chi connectivity index (χ2n) is 5.19. The van der Waals surface area contributed by atoms with E-state index in [-0.39, 0.29) is 0 Å². The highest BCUT2D eigenvalue weighted by Crippen LogP contribution is 2.28. The molecule has 0 aromatic heterocycles. The van der Waals surface area contributed by atoms with Crippen LogP contribution in [0.2, 0.25) is 0 Å². The molecule has 0 aromatic rings. The maximum absolute atomic E-state index is 2.56. The van der Waals surface area contributed by atoms with Crippen molar-refractivity contribution in [2.45, 2.75) is 84.0 Å². The Morgan fingerprint density at radius 2 is 1.60 bits per heavy atom. The summed E-state index contributed by atoms with van der Waals surface area (Å²) in [6.07, 6.45) is 20.1. The standard InChI is InChI=1S/C15H29/c1-2-3-4-5-6-7-8-9-12-15-13-10-11-14-15/h13,15H,2-12,14H2,1H3. The largest absolute Gasteiger partial charge is 0.0654 e. The second kappa shape index (κ2) is 9.24. The first-order valence-electron chi connectivity index (χ1n) is 7.27. The van der Waals surface area contributed by atoms with Gasteiger partial charge in [0.15, 0.2) is 0 Å². The van der Waals surface area contributed by atoms with Crippen LogP contribution in [-0.4, -0.2) is 0 Å². The van der Waals surface area contributed by atoms with Gasteiger partial charge >= 0.3 is 0 Å². The maximum atomic E-state index is 2.56. The molecule has 1 fully saturated rings. The number of hydrogen-bond donors (Lipinski definition) is 0. The Kier molecular flexibility index (Phi) is 8.05. The van der Waals surface area contributed by atoms with Gasteiger partial charge in [-0.25, -0.2) is 0 Å². The zero-order valence-corrected chi connectivity index (χ0v) is 10.6. The minimum absolute atomic E-state index is 0.991. The summed E-state index contributed by atoms with van der Waals surface area (Å²) in [5, 5.41) is 0. The Morgan fingerprint density at radius 1 is 0.933 bits per heavy atom. The summed E-state index contributed by atoms with van der Waals surface area (Å²) in [7, 11) is 0. The van der Waals surface area contributed by atoms with Gasteiger partial charge < -0.3 is 0 Å². The predicted molar refractivity (Wildman–Crippen MR) is 68.9 cm³/mol. The van der Waals surface area contributed by atoms with Crippen LogP contribution in [0.25, 0.3) is 0 Å². The van der Waals surface area contributed by atoms with Gasteiger partial charge in [0.1, 0.15) is 0 Å². The molecule has 0 N–H and O–H groups in total. The molecule has 0 nitrogen and oxygen atoms in total. The fraction of sp³-hybridized carbons (Fsp3) is 0.933. The van der Waals surface area contributed by atoms with Crippen molar-refractivity contribution in [3.05, 3.63) is 6.42 Å². The van der Waals surface area contributed by atoms with E-state index in [0.717, 1.165) is 5.92 Å². The molecule has 0 heteroatoms. The van der Waals surface area contributed by atoms with Crippen molar-refractivity contribution in [3.8, 4) is 0 Å².